The predicted molar refractivity (Wildman–Crippen MR) is 113 cm³/mol. The van der Waals surface area contributed by atoms with Gasteiger partial charge in [-0.3, -0.25) is 0 Å². The molecule has 3 aromatic carbocycles. The lowest BCUT2D eigenvalue weighted by molar-refractivity contribution is -0.190. The fourth-order valence-electron chi connectivity index (χ4n) is 3.35. The monoisotopic (exact) mass is 556 g/mol. The van der Waals surface area contributed by atoms with Gasteiger partial charge in [-0.05, 0) is 54.8 Å². The van der Waals surface area contributed by atoms with Gasteiger partial charge in [-0.15, -0.1) is 0 Å². The van der Waals surface area contributed by atoms with Crippen LogP contribution in [-0.2, 0) is 18.6 Å². The summed E-state index contributed by atoms with van der Waals surface area (Å²) in [4.78, 5) is 0. The second-order valence-corrected chi connectivity index (χ2v) is 7.89. The van der Waals surface area contributed by atoms with Crippen LogP contribution in [0.2, 0.25) is 0 Å². The molecule has 0 N–H and O–H groups in total. The molecule has 206 valence electrons. The van der Waals surface area contributed by atoms with Crippen LogP contribution in [0.25, 0.3) is 0 Å². The van der Waals surface area contributed by atoms with E-state index in [0.717, 1.165) is 12.1 Å². The molecule has 0 unspecified atom stereocenters. The summed E-state index contributed by atoms with van der Waals surface area (Å²) in [5.74, 6) is -9.98. The largest absolute Gasteiger partial charge is 0.432 e. The quantitative estimate of drug-likeness (QED) is 0.222. The highest BCUT2D eigenvalue weighted by molar-refractivity contribution is 5.37. The zero-order valence-corrected chi connectivity index (χ0v) is 19.3. The Labute approximate surface area is 209 Å². The molecular formula is C25H18F10O3. The van der Waals surface area contributed by atoms with E-state index in [9.17, 15) is 43.9 Å². The Balaban J connectivity index is 1.77. The molecule has 3 aromatic rings. The van der Waals surface area contributed by atoms with Crippen molar-refractivity contribution in [2.24, 2.45) is 0 Å². The van der Waals surface area contributed by atoms with Crippen molar-refractivity contribution in [2.75, 3.05) is 0 Å². The molecule has 0 spiro atoms. The molecule has 13 heteroatoms. The first-order valence-corrected chi connectivity index (χ1v) is 10.9. The van der Waals surface area contributed by atoms with Crippen LogP contribution in [0.5, 0.6) is 17.2 Å². The minimum absolute atomic E-state index is 0.170. The van der Waals surface area contributed by atoms with Crippen molar-refractivity contribution in [1.29, 1.82) is 0 Å². The van der Waals surface area contributed by atoms with Gasteiger partial charge >= 0.3 is 18.8 Å². The molecule has 3 nitrogen and oxygen atoms in total. The predicted octanol–water partition coefficient (Wildman–Crippen LogP) is 8.44. The Morgan fingerprint density at radius 1 is 0.711 bits per heavy atom. The summed E-state index contributed by atoms with van der Waals surface area (Å²) in [6, 6.07) is 4.18. The lowest BCUT2D eigenvalue weighted by Crippen LogP contribution is -2.26. The maximum atomic E-state index is 14.6. The van der Waals surface area contributed by atoms with Gasteiger partial charge in [0.05, 0.1) is 5.56 Å². The summed E-state index contributed by atoms with van der Waals surface area (Å²) in [5, 5.41) is 0. The first-order valence-electron chi connectivity index (χ1n) is 10.9. The lowest BCUT2D eigenvalue weighted by atomic mass is 10.0. The molecule has 0 aliphatic carbocycles. The van der Waals surface area contributed by atoms with Gasteiger partial charge in [0, 0.05) is 12.1 Å². The Morgan fingerprint density at radius 3 is 1.74 bits per heavy atom. The van der Waals surface area contributed by atoms with Gasteiger partial charge < -0.3 is 14.2 Å². The third-order valence-electron chi connectivity index (χ3n) is 5.07. The fourth-order valence-corrected chi connectivity index (χ4v) is 3.35. The van der Waals surface area contributed by atoms with Crippen molar-refractivity contribution in [3.63, 3.8) is 0 Å². The molecule has 0 aliphatic heterocycles. The van der Waals surface area contributed by atoms with E-state index in [2.05, 4.69) is 14.2 Å². The third-order valence-corrected chi connectivity index (χ3v) is 5.07. The van der Waals surface area contributed by atoms with E-state index >= 15 is 0 Å². The molecule has 0 bridgehead atoms. The second kappa shape index (κ2) is 11.4. The Bertz CT molecular complexity index is 1220. The van der Waals surface area contributed by atoms with E-state index in [1.165, 1.54) is 0 Å². The maximum Gasteiger partial charge on any atom is 0.432 e. The summed E-state index contributed by atoms with van der Waals surface area (Å²) in [5.41, 5.74) is -2.50. The average Bonchev–Trinajstić information content (AvgIpc) is 2.79. The van der Waals surface area contributed by atoms with E-state index in [1.54, 1.807) is 0 Å². The zero-order valence-electron chi connectivity index (χ0n) is 19.3. The maximum absolute atomic E-state index is 14.6. The second-order valence-electron chi connectivity index (χ2n) is 7.89. The van der Waals surface area contributed by atoms with Crippen LogP contribution in [0.3, 0.4) is 0 Å². The summed E-state index contributed by atoms with van der Waals surface area (Å²) >= 11 is 0. The van der Waals surface area contributed by atoms with Crippen molar-refractivity contribution in [1.82, 2.24) is 0 Å². The molecule has 38 heavy (non-hydrogen) atoms. The van der Waals surface area contributed by atoms with Gasteiger partial charge in [0.25, 0.3) is 0 Å². The van der Waals surface area contributed by atoms with Gasteiger partial charge in [-0.2, -0.15) is 26.3 Å². The Kier molecular flexibility index (Phi) is 8.68. The number of rotatable bonds is 11. The molecule has 0 amide bonds. The zero-order chi connectivity index (χ0) is 28.3. The van der Waals surface area contributed by atoms with Crippen LogP contribution >= 0.6 is 0 Å². The van der Waals surface area contributed by atoms with E-state index in [4.69, 9.17) is 0 Å². The number of alkyl halides is 6. The molecule has 0 saturated heterocycles. The number of halogens is 10. The van der Waals surface area contributed by atoms with Gasteiger partial charge in [-0.1, -0.05) is 13.3 Å². The van der Waals surface area contributed by atoms with Crippen LogP contribution in [0.4, 0.5) is 43.9 Å². The number of hydrogen-bond donors (Lipinski definition) is 0. The van der Waals surface area contributed by atoms with E-state index in [0.29, 0.717) is 37.1 Å². The number of benzene rings is 3. The first kappa shape index (κ1) is 28.9. The van der Waals surface area contributed by atoms with Crippen LogP contribution < -0.4 is 14.2 Å². The van der Waals surface area contributed by atoms with E-state index in [-0.39, 0.29) is 24.1 Å². The van der Waals surface area contributed by atoms with Crippen LogP contribution in [0.1, 0.15) is 36.5 Å². The SMILES string of the molecule is CCCCc1cc(F)c(C(F)(F)Oc2ccc(C(F)(F)Oc3cc(F)c(OC(F)F)c(F)c3)cc2)c(F)c1. The first-order chi connectivity index (χ1) is 17.7. The topological polar surface area (TPSA) is 27.7 Å². The minimum Gasteiger partial charge on any atom is -0.429 e. The average molecular weight is 556 g/mol. The summed E-state index contributed by atoms with van der Waals surface area (Å²) in [6.07, 6.45) is -7.26. The standard InChI is InChI=1S/C25H18F10O3/c1-2-3-4-13-9-17(26)21(18(27)10-13)25(34,35)37-15-7-5-14(6-8-15)24(32,33)38-16-11-19(28)22(20(29)12-16)36-23(30)31/h5-12,23H,2-4H2,1H3. The lowest BCUT2D eigenvalue weighted by Gasteiger charge is -2.21. The fraction of sp³-hybridized carbons (Fsp3) is 0.280. The van der Waals surface area contributed by atoms with E-state index < -0.39 is 70.5 Å². The molecule has 0 aliphatic rings. The van der Waals surface area contributed by atoms with Crippen LogP contribution in [0, 0.1) is 23.3 Å². The van der Waals surface area contributed by atoms with Gasteiger partial charge in [0.2, 0.25) is 0 Å². The van der Waals surface area contributed by atoms with Gasteiger partial charge in [-0.25, -0.2) is 17.6 Å². The van der Waals surface area contributed by atoms with Crippen molar-refractivity contribution in [3.05, 3.63) is 88.5 Å². The van der Waals surface area contributed by atoms with Crippen molar-refractivity contribution in [3.8, 4) is 17.2 Å². The number of hydrogen-bond acceptors (Lipinski definition) is 3. The van der Waals surface area contributed by atoms with Gasteiger partial charge in [0.15, 0.2) is 17.4 Å². The number of aryl methyl sites for hydroxylation is 1. The molecule has 0 heterocycles. The highest BCUT2D eigenvalue weighted by Gasteiger charge is 2.41. The molecule has 0 fully saturated rings. The van der Waals surface area contributed by atoms with Crippen LogP contribution in [-0.4, -0.2) is 6.61 Å². The summed E-state index contributed by atoms with van der Waals surface area (Å²) < 4.78 is 151. The highest BCUT2D eigenvalue weighted by atomic mass is 19.3. The minimum atomic E-state index is -4.52. The molecule has 3 rings (SSSR count). The van der Waals surface area contributed by atoms with Crippen molar-refractivity contribution >= 4 is 0 Å². The summed E-state index contributed by atoms with van der Waals surface area (Å²) in [6.45, 7) is -1.75. The Morgan fingerprint density at radius 2 is 1.24 bits per heavy atom. The molecule has 0 atom stereocenters. The van der Waals surface area contributed by atoms with Crippen molar-refractivity contribution in [2.45, 2.75) is 45.0 Å². The highest BCUT2D eigenvalue weighted by Crippen LogP contribution is 2.38. The number of unbranched alkanes of at least 4 members (excludes halogenated alkanes) is 1. The van der Waals surface area contributed by atoms with Crippen molar-refractivity contribution < 1.29 is 58.1 Å². The number of ether oxygens (including phenoxy) is 3. The molecule has 0 radical (unpaired) electrons. The molecule has 0 aromatic heterocycles. The third kappa shape index (κ3) is 6.81. The van der Waals surface area contributed by atoms with E-state index in [1.807, 2.05) is 6.92 Å². The van der Waals surface area contributed by atoms with Gasteiger partial charge in [0.1, 0.15) is 28.7 Å². The smallest absolute Gasteiger partial charge is 0.429 e. The molecule has 0 saturated carbocycles. The molecular weight excluding hydrogens is 538 g/mol. The normalized spacial score (nSPS) is 12.1. The van der Waals surface area contributed by atoms with Crippen LogP contribution in [0.15, 0.2) is 48.5 Å². The Hall–Kier alpha value is -3.64. The summed E-state index contributed by atoms with van der Waals surface area (Å²) in [7, 11) is 0.